The molecule has 1 fully saturated rings. The van der Waals surface area contributed by atoms with E-state index in [1.165, 1.54) is 14.0 Å². The lowest BCUT2D eigenvalue weighted by molar-refractivity contribution is -0.123. The molecular formula is C21H22N2O5. The van der Waals surface area contributed by atoms with Crippen LogP contribution in [0.3, 0.4) is 0 Å². The molecule has 2 aromatic carbocycles. The van der Waals surface area contributed by atoms with Crippen molar-refractivity contribution in [2.45, 2.75) is 25.9 Å². The molecule has 0 radical (unpaired) electrons. The molecular weight excluding hydrogens is 360 g/mol. The maximum atomic E-state index is 12.4. The predicted molar refractivity (Wildman–Crippen MR) is 105 cm³/mol. The van der Waals surface area contributed by atoms with Crippen molar-refractivity contribution in [3.8, 4) is 5.75 Å². The molecule has 1 aliphatic rings. The maximum absolute atomic E-state index is 12.4. The van der Waals surface area contributed by atoms with Gasteiger partial charge in [0, 0.05) is 30.4 Å². The van der Waals surface area contributed by atoms with E-state index in [1.54, 1.807) is 53.4 Å². The second-order valence-electron chi connectivity index (χ2n) is 6.47. The largest absolute Gasteiger partial charge is 0.497 e. The van der Waals surface area contributed by atoms with Crippen molar-refractivity contribution in [3.63, 3.8) is 0 Å². The molecule has 0 saturated carbocycles. The lowest BCUT2D eigenvalue weighted by atomic mass is 10.2. The monoisotopic (exact) mass is 382 g/mol. The summed E-state index contributed by atoms with van der Waals surface area (Å²) >= 11 is 0. The van der Waals surface area contributed by atoms with Crippen LogP contribution in [-0.4, -0.2) is 37.5 Å². The van der Waals surface area contributed by atoms with Gasteiger partial charge in [-0.2, -0.15) is 0 Å². The molecule has 7 nitrogen and oxygen atoms in total. The summed E-state index contributed by atoms with van der Waals surface area (Å²) < 4.78 is 10.4. The third-order valence-electron chi connectivity index (χ3n) is 4.46. The van der Waals surface area contributed by atoms with E-state index in [-0.39, 0.29) is 5.91 Å². The van der Waals surface area contributed by atoms with Gasteiger partial charge in [0.25, 0.3) is 5.91 Å². The second kappa shape index (κ2) is 8.56. The molecule has 1 aliphatic heterocycles. The molecule has 0 bridgehead atoms. The number of hydrogen-bond donors (Lipinski definition) is 1. The molecule has 1 saturated heterocycles. The smallest absolute Gasteiger partial charge is 0.338 e. The number of rotatable bonds is 6. The molecule has 0 spiro atoms. The fourth-order valence-corrected chi connectivity index (χ4v) is 2.95. The summed E-state index contributed by atoms with van der Waals surface area (Å²) in [6.07, 6.45) is 0.321. The Morgan fingerprint density at radius 3 is 2.64 bits per heavy atom. The van der Waals surface area contributed by atoms with Gasteiger partial charge in [0.2, 0.25) is 5.91 Å². The lowest BCUT2D eigenvalue weighted by Gasteiger charge is -2.17. The van der Waals surface area contributed by atoms with Gasteiger partial charge in [0.15, 0.2) is 6.10 Å². The highest BCUT2D eigenvalue weighted by Gasteiger charge is 2.24. The number of hydrogen-bond acceptors (Lipinski definition) is 5. The Hall–Kier alpha value is -3.35. The molecule has 0 aromatic heterocycles. The molecule has 7 heteroatoms. The average Bonchev–Trinajstić information content (AvgIpc) is 3.14. The van der Waals surface area contributed by atoms with Crippen molar-refractivity contribution in [1.82, 2.24) is 0 Å². The Morgan fingerprint density at radius 2 is 1.93 bits per heavy atom. The van der Waals surface area contributed by atoms with Crippen LogP contribution >= 0.6 is 0 Å². The van der Waals surface area contributed by atoms with Crippen molar-refractivity contribution in [2.75, 3.05) is 23.9 Å². The summed E-state index contributed by atoms with van der Waals surface area (Å²) in [5.74, 6) is -0.429. The molecule has 146 valence electrons. The summed E-state index contributed by atoms with van der Waals surface area (Å²) in [6, 6.07) is 13.6. The van der Waals surface area contributed by atoms with E-state index in [9.17, 15) is 14.4 Å². The van der Waals surface area contributed by atoms with Crippen LogP contribution in [0.5, 0.6) is 5.75 Å². The Kier molecular flexibility index (Phi) is 5.93. The first kappa shape index (κ1) is 19.4. The Bertz CT molecular complexity index is 896. The first-order chi connectivity index (χ1) is 13.5. The number of carbonyl (C=O) groups excluding carboxylic acids is 3. The number of carbonyl (C=O) groups is 3. The number of methoxy groups -OCH3 is 1. The molecule has 28 heavy (non-hydrogen) atoms. The number of nitrogens with one attached hydrogen (secondary N) is 1. The van der Waals surface area contributed by atoms with E-state index in [4.69, 9.17) is 9.47 Å². The van der Waals surface area contributed by atoms with Crippen LogP contribution in [0.15, 0.2) is 48.5 Å². The Morgan fingerprint density at radius 1 is 1.14 bits per heavy atom. The van der Waals surface area contributed by atoms with Crippen LogP contribution in [-0.2, 0) is 14.3 Å². The van der Waals surface area contributed by atoms with Crippen molar-refractivity contribution in [3.05, 3.63) is 54.1 Å². The minimum atomic E-state index is -0.990. The summed E-state index contributed by atoms with van der Waals surface area (Å²) in [4.78, 5) is 38.3. The highest BCUT2D eigenvalue weighted by molar-refractivity contribution is 5.99. The topological polar surface area (TPSA) is 84.9 Å². The maximum Gasteiger partial charge on any atom is 0.338 e. The zero-order valence-corrected chi connectivity index (χ0v) is 15.8. The first-order valence-corrected chi connectivity index (χ1v) is 9.04. The number of nitrogens with zero attached hydrogens (tertiary/aromatic N) is 1. The molecule has 1 N–H and O–H groups in total. The molecule has 0 unspecified atom stereocenters. The fourth-order valence-electron chi connectivity index (χ4n) is 2.95. The summed E-state index contributed by atoms with van der Waals surface area (Å²) in [5.41, 5.74) is 1.49. The van der Waals surface area contributed by atoms with E-state index in [1.807, 2.05) is 0 Å². The molecule has 2 amide bonds. The second-order valence-corrected chi connectivity index (χ2v) is 6.47. The number of esters is 1. The SMILES string of the molecule is COc1cccc(NC(=O)[C@@H](C)OC(=O)c2cccc(N3CCCC3=O)c2)c1. The van der Waals surface area contributed by atoms with Crippen molar-refractivity contribution >= 4 is 29.2 Å². The van der Waals surface area contributed by atoms with Crippen molar-refractivity contribution in [2.24, 2.45) is 0 Å². The minimum absolute atomic E-state index is 0.0385. The number of amides is 2. The van der Waals surface area contributed by atoms with Crippen LogP contribution < -0.4 is 15.0 Å². The third kappa shape index (κ3) is 4.49. The van der Waals surface area contributed by atoms with E-state index in [0.717, 1.165) is 6.42 Å². The van der Waals surface area contributed by atoms with E-state index < -0.39 is 18.0 Å². The van der Waals surface area contributed by atoms with E-state index in [2.05, 4.69) is 5.32 Å². The van der Waals surface area contributed by atoms with Crippen LogP contribution in [0.4, 0.5) is 11.4 Å². The summed E-state index contributed by atoms with van der Waals surface area (Å²) in [6.45, 7) is 2.14. The van der Waals surface area contributed by atoms with E-state index >= 15 is 0 Å². The highest BCUT2D eigenvalue weighted by atomic mass is 16.5. The van der Waals surface area contributed by atoms with Gasteiger partial charge in [-0.3, -0.25) is 9.59 Å². The van der Waals surface area contributed by atoms with Crippen LogP contribution in [0.2, 0.25) is 0 Å². The van der Waals surface area contributed by atoms with Gasteiger partial charge in [0.1, 0.15) is 5.75 Å². The summed E-state index contributed by atoms with van der Waals surface area (Å²) in [7, 11) is 1.54. The quantitative estimate of drug-likeness (QED) is 0.777. The standard InChI is InChI=1S/C21H22N2O5/c1-14(20(25)22-16-7-4-9-18(13-16)27-2)28-21(26)15-6-3-8-17(12-15)23-11-5-10-19(23)24/h3-4,6-9,12-14H,5,10-11H2,1-2H3,(H,22,25)/t14-/m1/s1. The number of ether oxygens (including phenoxy) is 2. The van der Waals surface area contributed by atoms with Gasteiger partial charge < -0.3 is 19.7 Å². The fraction of sp³-hybridized carbons (Fsp3) is 0.286. The van der Waals surface area contributed by atoms with Crippen molar-refractivity contribution < 1.29 is 23.9 Å². The van der Waals surface area contributed by atoms with E-state index in [0.29, 0.717) is 35.7 Å². The van der Waals surface area contributed by atoms with Crippen LogP contribution in [0, 0.1) is 0 Å². The number of benzene rings is 2. The third-order valence-corrected chi connectivity index (χ3v) is 4.46. The van der Waals surface area contributed by atoms with Gasteiger partial charge in [0.05, 0.1) is 12.7 Å². The van der Waals surface area contributed by atoms with Crippen molar-refractivity contribution in [1.29, 1.82) is 0 Å². The number of anilines is 2. The Labute approximate surface area is 163 Å². The molecule has 3 rings (SSSR count). The van der Waals surface area contributed by atoms with Gasteiger partial charge in [-0.25, -0.2) is 4.79 Å². The molecule has 2 aromatic rings. The normalized spacial score (nSPS) is 14.5. The minimum Gasteiger partial charge on any atom is -0.497 e. The average molecular weight is 382 g/mol. The highest BCUT2D eigenvalue weighted by Crippen LogP contribution is 2.23. The predicted octanol–water partition coefficient (Wildman–Crippen LogP) is 3.01. The molecule has 1 atom stereocenters. The van der Waals surface area contributed by atoms with Crippen LogP contribution in [0.25, 0.3) is 0 Å². The van der Waals surface area contributed by atoms with Gasteiger partial charge in [-0.1, -0.05) is 12.1 Å². The lowest BCUT2D eigenvalue weighted by Crippen LogP contribution is -2.30. The zero-order valence-electron chi connectivity index (χ0n) is 15.8. The zero-order chi connectivity index (χ0) is 20.1. The first-order valence-electron chi connectivity index (χ1n) is 9.04. The summed E-state index contributed by atoms with van der Waals surface area (Å²) in [5, 5.41) is 2.69. The molecule has 0 aliphatic carbocycles. The molecule has 1 heterocycles. The Balaban J connectivity index is 1.63. The van der Waals surface area contributed by atoms with Gasteiger partial charge >= 0.3 is 5.97 Å². The van der Waals surface area contributed by atoms with Crippen LogP contribution in [0.1, 0.15) is 30.1 Å². The van der Waals surface area contributed by atoms with Gasteiger partial charge in [-0.15, -0.1) is 0 Å². The van der Waals surface area contributed by atoms with Gasteiger partial charge in [-0.05, 0) is 43.7 Å².